The molecular formula is C27H26N4O. The Morgan fingerprint density at radius 2 is 1.75 bits per heavy atom. The van der Waals surface area contributed by atoms with Gasteiger partial charge in [0.05, 0.1) is 11.7 Å². The van der Waals surface area contributed by atoms with Crippen molar-refractivity contribution in [2.45, 2.75) is 38.6 Å². The minimum atomic E-state index is -0.230. The summed E-state index contributed by atoms with van der Waals surface area (Å²) in [5.74, 6) is 0.723. The summed E-state index contributed by atoms with van der Waals surface area (Å²) in [6, 6.07) is 26.6. The number of aromatic nitrogens is 3. The normalized spacial score (nSPS) is 15.2. The maximum atomic E-state index is 13.2. The lowest BCUT2D eigenvalue weighted by atomic mass is 9.88. The van der Waals surface area contributed by atoms with E-state index < -0.39 is 0 Å². The van der Waals surface area contributed by atoms with Gasteiger partial charge in [-0.25, -0.2) is 9.67 Å². The van der Waals surface area contributed by atoms with Gasteiger partial charge in [0.2, 0.25) is 5.82 Å². The third kappa shape index (κ3) is 4.19. The summed E-state index contributed by atoms with van der Waals surface area (Å²) in [4.78, 5) is 17.8. The summed E-state index contributed by atoms with van der Waals surface area (Å²) in [6.07, 6.45) is 3.65. The first-order chi connectivity index (χ1) is 15.7. The van der Waals surface area contributed by atoms with Gasteiger partial charge in [-0.05, 0) is 55.0 Å². The van der Waals surface area contributed by atoms with Crippen LogP contribution in [-0.4, -0.2) is 20.7 Å². The van der Waals surface area contributed by atoms with Crippen LogP contribution in [0.25, 0.3) is 5.69 Å². The first kappa shape index (κ1) is 20.2. The Kier molecular flexibility index (Phi) is 5.55. The van der Waals surface area contributed by atoms with Crippen molar-refractivity contribution in [2.24, 2.45) is 0 Å². The molecule has 1 amide bonds. The van der Waals surface area contributed by atoms with Gasteiger partial charge in [0, 0.05) is 6.42 Å². The minimum Gasteiger partial charge on any atom is -0.342 e. The average molecular weight is 423 g/mol. The van der Waals surface area contributed by atoms with Gasteiger partial charge < -0.3 is 5.32 Å². The van der Waals surface area contributed by atoms with E-state index in [9.17, 15) is 4.79 Å². The summed E-state index contributed by atoms with van der Waals surface area (Å²) in [5.41, 5.74) is 5.71. The van der Waals surface area contributed by atoms with Crippen molar-refractivity contribution in [3.05, 3.63) is 113 Å². The van der Waals surface area contributed by atoms with Gasteiger partial charge >= 0.3 is 0 Å². The Bertz CT molecular complexity index is 1230. The highest BCUT2D eigenvalue weighted by molar-refractivity contribution is 5.90. The Hall–Kier alpha value is -3.73. The number of hydrogen-bond acceptors (Lipinski definition) is 3. The molecule has 1 N–H and O–H groups in total. The number of amides is 1. The molecule has 1 aliphatic rings. The zero-order chi connectivity index (χ0) is 21.9. The number of rotatable bonds is 5. The van der Waals surface area contributed by atoms with E-state index in [1.807, 2.05) is 48.5 Å². The highest BCUT2D eigenvalue weighted by Crippen LogP contribution is 2.29. The van der Waals surface area contributed by atoms with Gasteiger partial charge in [-0.1, -0.05) is 72.3 Å². The number of aryl methyl sites for hydroxylation is 2. The number of carbonyl (C=O) groups excluding carboxylic acids is 1. The lowest BCUT2D eigenvalue weighted by Crippen LogP contribution is -2.31. The van der Waals surface area contributed by atoms with Crippen LogP contribution < -0.4 is 5.32 Å². The fourth-order valence-electron chi connectivity index (χ4n) is 4.35. The van der Waals surface area contributed by atoms with Crippen LogP contribution in [0.5, 0.6) is 0 Å². The van der Waals surface area contributed by atoms with E-state index in [2.05, 4.69) is 52.7 Å². The van der Waals surface area contributed by atoms with Crippen LogP contribution in [0.4, 0.5) is 0 Å². The number of hydrogen-bond donors (Lipinski definition) is 1. The number of nitrogens with one attached hydrogen (secondary N) is 1. The van der Waals surface area contributed by atoms with Gasteiger partial charge in [-0.2, -0.15) is 0 Å². The number of fused-ring (bicyclic) bond motifs is 1. The summed E-state index contributed by atoms with van der Waals surface area (Å²) in [6.45, 7) is 2.05. The van der Waals surface area contributed by atoms with Crippen LogP contribution in [0, 0.1) is 6.92 Å². The van der Waals surface area contributed by atoms with Crippen molar-refractivity contribution in [1.82, 2.24) is 20.1 Å². The Morgan fingerprint density at radius 3 is 2.56 bits per heavy atom. The molecule has 1 aliphatic carbocycles. The quantitative estimate of drug-likeness (QED) is 0.494. The summed E-state index contributed by atoms with van der Waals surface area (Å²) in [7, 11) is 0. The van der Waals surface area contributed by atoms with Crippen LogP contribution >= 0.6 is 0 Å². The van der Waals surface area contributed by atoms with Crippen molar-refractivity contribution < 1.29 is 4.79 Å². The molecular weight excluding hydrogens is 396 g/mol. The smallest absolute Gasteiger partial charge is 0.291 e. The largest absolute Gasteiger partial charge is 0.342 e. The molecule has 0 saturated heterocycles. The zero-order valence-corrected chi connectivity index (χ0v) is 18.2. The maximum Gasteiger partial charge on any atom is 0.291 e. The first-order valence-electron chi connectivity index (χ1n) is 11.1. The van der Waals surface area contributed by atoms with Crippen molar-refractivity contribution in [3.63, 3.8) is 0 Å². The molecule has 0 bridgehead atoms. The molecule has 5 heteroatoms. The van der Waals surface area contributed by atoms with Crippen LogP contribution in [0.15, 0.2) is 78.9 Å². The molecule has 0 radical (unpaired) electrons. The first-order valence-corrected chi connectivity index (χ1v) is 11.1. The van der Waals surface area contributed by atoms with E-state index >= 15 is 0 Å². The minimum absolute atomic E-state index is 0.00338. The van der Waals surface area contributed by atoms with E-state index in [0.29, 0.717) is 6.42 Å². The molecule has 3 aromatic carbocycles. The molecule has 4 aromatic rings. The zero-order valence-electron chi connectivity index (χ0n) is 18.2. The second-order valence-corrected chi connectivity index (χ2v) is 8.38. The predicted molar refractivity (Wildman–Crippen MR) is 125 cm³/mol. The topological polar surface area (TPSA) is 59.8 Å². The van der Waals surface area contributed by atoms with Crippen molar-refractivity contribution in [2.75, 3.05) is 0 Å². The summed E-state index contributed by atoms with van der Waals surface area (Å²) >= 11 is 0. The predicted octanol–water partition coefficient (Wildman–Crippen LogP) is 4.97. The van der Waals surface area contributed by atoms with E-state index in [4.69, 9.17) is 0 Å². The molecule has 0 unspecified atom stereocenters. The third-order valence-electron chi connectivity index (χ3n) is 6.04. The standard InChI is InChI=1S/C27H26N4O/c1-19-14-16-22(17-15-19)31-25(18-20-8-3-2-4-9-20)29-26(30-31)27(32)28-24-13-7-11-21-10-5-6-12-23(21)24/h2-6,8-10,12,14-17,24H,7,11,13,18H2,1H3,(H,28,32)/t24-/m1/s1. The van der Waals surface area contributed by atoms with E-state index in [1.165, 1.54) is 16.7 Å². The molecule has 0 saturated carbocycles. The Labute approximate surface area is 188 Å². The molecule has 0 aliphatic heterocycles. The van der Waals surface area contributed by atoms with Crippen molar-refractivity contribution >= 4 is 5.91 Å². The van der Waals surface area contributed by atoms with Crippen LogP contribution in [-0.2, 0) is 12.8 Å². The molecule has 0 spiro atoms. The fraction of sp³-hybridized carbons (Fsp3) is 0.222. The monoisotopic (exact) mass is 422 g/mol. The van der Waals surface area contributed by atoms with Gasteiger partial charge in [-0.3, -0.25) is 4.79 Å². The van der Waals surface area contributed by atoms with E-state index in [0.717, 1.165) is 36.3 Å². The van der Waals surface area contributed by atoms with Gasteiger partial charge in [0.15, 0.2) is 0 Å². The molecule has 0 fully saturated rings. The highest BCUT2D eigenvalue weighted by Gasteiger charge is 2.24. The van der Waals surface area contributed by atoms with E-state index in [-0.39, 0.29) is 17.8 Å². The molecule has 160 valence electrons. The van der Waals surface area contributed by atoms with Gasteiger partial charge in [0.1, 0.15) is 5.82 Å². The van der Waals surface area contributed by atoms with Gasteiger partial charge in [0.25, 0.3) is 5.91 Å². The van der Waals surface area contributed by atoms with Crippen LogP contribution in [0.2, 0.25) is 0 Å². The number of carbonyl (C=O) groups is 1. The molecule has 5 nitrogen and oxygen atoms in total. The third-order valence-corrected chi connectivity index (χ3v) is 6.04. The van der Waals surface area contributed by atoms with Crippen LogP contribution in [0.1, 0.15) is 57.6 Å². The summed E-state index contributed by atoms with van der Waals surface area (Å²) in [5, 5.41) is 7.80. The Morgan fingerprint density at radius 1 is 1.00 bits per heavy atom. The lowest BCUT2D eigenvalue weighted by molar-refractivity contribution is 0.0922. The van der Waals surface area contributed by atoms with Crippen molar-refractivity contribution in [1.29, 1.82) is 0 Å². The molecule has 1 atom stereocenters. The van der Waals surface area contributed by atoms with E-state index in [1.54, 1.807) is 4.68 Å². The SMILES string of the molecule is Cc1ccc(-n2nc(C(=O)N[C@@H]3CCCc4ccccc43)nc2Cc2ccccc2)cc1. The number of nitrogens with zero attached hydrogens (tertiary/aromatic N) is 3. The molecule has 1 heterocycles. The fourth-order valence-corrected chi connectivity index (χ4v) is 4.35. The molecule has 32 heavy (non-hydrogen) atoms. The van der Waals surface area contributed by atoms with Crippen LogP contribution in [0.3, 0.4) is 0 Å². The average Bonchev–Trinajstić information content (AvgIpc) is 3.24. The Balaban J connectivity index is 1.45. The van der Waals surface area contributed by atoms with Crippen molar-refractivity contribution in [3.8, 4) is 5.69 Å². The van der Waals surface area contributed by atoms with Gasteiger partial charge in [-0.15, -0.1) is 5.10 Å². The summed E-state index contributed by atoms with van der Waals surface area (Å²) < 4.78 is 1.79. The highest BCUT2D eigenvalue weighted by atomic mass is 16.2. The lowest BCUT2D eigenvalue weighted by Gasteiger charge is -2.25. The second kappa shape index (κ2) is 8.79. The maximum absolute atomic E-state index is 13.2. The molecule has 1 aromatic heterocycles. The second-order valence-electron chi connectivity index (χ2n) is 8.38. The number of benzene rings is 3. The molecule has 5 rings (SSSR count).